The number of nitrogens with zero attached hydrogens (tertiary/aromatic N) is 2. The Balaban J connectivity index is 0.00000312. The van der Waals surface area contributed by atoms with Crippen molar-refractivity contribution >= 4 is 39.7 Å². The van der Waals surface area contributed by atoms with Gasteiger partial charge in [-0.2, -0.15) is 0 Å². The van der Waals surface area contributed by atoms with E-state index in [1.54, 1.807) is 12.1 Å². The fraction of sp³-hybridized carbons (Fsp3) is 0.562. The third-order valence-corrected chi connectivity index (χ3v) is 6.14. The molecule has 2 unspecified atom stereocenters. The fourth-order valence-corrected chi connectivity index (χ4v) is 3.79. The monoisotopic (exact) mass is 390 g/mol. The van der Waals surface area contributed by atoms with Crippen LogP contribution in [0.4, 0.5) is 11.4 Å². The predicted octanol–water partition coefficient (Wildman–Crippen LogP) is 1.49. The average Bonchev–Trinajstić information content (AvgIpc) is 2.93. The largest absolute Gasteiger partial charge is 0.376 e. The van der Waals surface area contributed by atoms with Crippen molar-refractivity contribution in [2.75, 3.05) is 38.4 Å². The summed E-state index contributed by atoms with van der Waals surface area (Å²) in [6.45, 7) is 0. The molecule has 0 spiro atoms. The Bertz CT molecular complexity index is 722. The van der Waals surface area contributed by atoms with E-state index in [1.807, 2.05) is 19.0 Å². The lowest BCUT2D eigenvalue weighted by molar-refractivity contribution is -0.119. The van der Waals surface area contributed by atoms with Gasteiger partial charge in [0.05, 0.1) is 16.3 Å². The predicted molar refractivity (Wildman–Crippen MR) is 103 cm³/mol. The Morgan fingerprint density at radius 2 is 1.84 bits per heavy atom. The van der Waals surface area contributed by atoms with Gasteiger partial charge in [0.2, 0.25) is 15.9 Å². The molecule has 1 aromatic carbocycles. The van der Waals surface area contributed by atoms with Crippen LogP contribution in [0.15, 0.2) is 23.1 Å². The van der Waals surface area contributed by atoms with E-state index in [2.05, 4.69) is 5.32 Å². The summed E-state index contributed by atoms with van der Waals surface area (Å²) in [6.07, 6.45) is 2.27. The van der Waals surface area contributed by atoms with Gasteiger partial charge < -0.3 is 16.0 Å². The molecule has 9 heteroatoms. The summed E-state index contributed by atoms with van der Waals surface area (Å²) >= 11 is 0. The van der Waals surface area contributed by atoms with Gasteiger partial charge in [-0.3, -0.25) is 4.79 Å². The molecule has 3 N–H and O–H groups in total. The first-order valence-corrected chi connectivity index (χ1v) is 9.37. The normalized spacial score (nSPS) is 20.2. The van der Waals surface area contributed by atoms with Crippen LogP contribution in [0.5, 0.6) is 0 Å². The Morgan fingerprint density at radius 3 is 2.32 bits per heavy atom. The average molecular weight is 391 g/mol. The highest BCUT2D eigenvalue weighted by Gasteiger charge is 2.28. The lowest BCUT2D eigenvalue weighted by Crippen LogP contribution is -2.25. The van der Waals surface area contributed by atoms with E-state index in [-0.39, 0.29) is 35.2 Å². The van der Waals surface area contributed by atoms with Gasteiger partial charge in [-0.15, -0.1) is 12.4 Å². The number of hydrogen-bond donors (Lipinski definition) is 2. The van der Waals surface area contributed by atoms with Gasteiger partial charge in [0.1, 0.15) is 0 Å². The second kappa shape index (κ2) is 8.35. The maximum absolute atomic E-state index is 12.5. The zero-order valence-electron chi connectivity index (χ0n) is 15.0. The molecule has 2 atom stereocenters. The molecule has 1 aliphatic carbocycles. The number of carbonyl (C=O) groups is 1. The lowest BCUT2D eigenvalue weighted by atomic mass is 10.1. The summed E-state index contributed by atoms with van der Waals surface area (Å²) in [5.74, 6) is -0.227. The Labute approximate surface area is 156 Å². The molecule has 1 aromatic rings. The van der Waals surface area contributed by atoms with E-state index in [1.165, 1.54) is 20.2 Å². The number of sulfonamides is 1. The molecule has 25 heavy (non-hydrogen) atoms. The molecule has 1 aliphatic rings. The molecule has 0 radical (unpaired) electrons. The molecule has 1 saturated carbocycles. The third kappa shape index (κ3) is 4.84. The highest BCUT2D eigenvalue weighted by atomic mass is 35.5. The van der Waals surface area contributed by atoms with Crippen molar-refractivity contribution in [1.29, 1.82) is 0 Å². The van der Waals surface area contributed by atoms with E-state index in [0.29, 0.717) is 12.1 Å². The van der Waals surface area contributed by atoms with E-state index in [9.17, 15) is 13.2 Å². The van der Waals surface area contributed by atoms with E-state index < -0.39 is 10.0 Å². The maximum atomic E-state index is 12.5. The first kappa shape index (κ1) is 21.7. The zero-order chi connectivity index (χ0) is 18.1. The van der Waals surface area contributed by atoms with Crippen LogP contribution in [-0.4, -0.2) is 52.9 Å². The van der Waals surface area contributed by atoms with Gasteiger partial charge in [0.25, 0.3) is 0 Å². The molecule has 2 rings (SSSR count). The molecule has 1 amide bonds. The van der Waals surface area contributed by atoms with Crippen molar-refractivity contribution in [1.82, 2.24) is 4.31 Å². The summed E-state index contributed by atoms with van der Waals surface area (Å²) < 4.78 is 25.8. The highest BCUT2D eigenvalue weighted by Crippen LogP contribution is 2.31. The van der Waals surface area contributed by atoms with Crippen LogP contribution in [-0.2, 0) is 14.8 Å². The minimum absolute atomic E-state index is 0. The van der Waals surface area contributed by atoms with Crippen molar-refractivity contribution in [2.24, 2.45) is 11.7 Å². The molecule has 0 saturated heterocycles. The molecule has 0 heterocycles. The van der Waals surface area contributed by atoms with Crippen LogP contribution < -0.4 is 16.0 Å². The van der Waals surface area contributed by atoms with Gasteiger partial charge >= 0.3 is 0 Å². The zero-order valence-corrected chi connectivity index (χ0v) is 16.7. The molecular weight excluding hydrogens is 364 g/mol. The van der Waals surface area contributed by atoms with Crippen molar-refractivity contribution in [3.63, 3.8) is 0 Å². The van der Waals surface area contributed by atoms with Gasteiger partial charge in [-0.25, -0.2) is 12.7 Å². The van der Waals surface area contributed by atoms with Crippen LogP contribution in [0.1, 0.15) is 19.3 Å². The van der Waals surface area contributed by atoms with E-state index in [0.717, 1.165) is 22.8 Å². The van der Waals surface area contributed by atoms with Gasteiger partial charge in [0, 0.05) is 40.2 Å². The molecule has 1 fully saturated rings. The van der Waals surface area contributed by atoms with Crippen LogP contribution in [0, 0.1) is 5.92 Å². The molecular formula is C16H27ClN4O3S. The quantitative estimate of drug-likeness (QED) is 0.794. The van der Waals surface area contributed by atoms with Crippen molar-refractivity contribution in [2.45, 2.75) is 30.2 Å². The van der Waals surface area contributed by atoms with E-state index >= 15 is 0 Å². The van der Waals surface area contributed by atoms with Crippen molar-refractivity contribution in [3.8, 4) is 0 Å². The Kier molecular flexibility index (Phi) is 7.25. The van der Waals surface area contributed by atoms with Crippen LogP contribution in [0.25, 0.3) is 0 Å². The number of hydrogen-bond acceptors (Lipinski definition) is 5. The second-order valence-electron chi connectivity index (χ2n) is 6.62. The van der Waals surface area contributed by atoms with Crippen LogP contribution in [0.2, 0.25) is 0 Å². The highest BCUT2D eigenvalue weighted by molar-refractivity contribution is 7.89. The van der Waals surface area contributed by atoms with Crippen LogP contribution in [0.3, 0.4) is 0 Å². The maximum Gasteiger partial charge on any atom is 0.242 e. The lowest BCUT2D eigenvalue weighted by Gasteiger charge is -2.21. The number of halogens is 1. The summed E-state index contributed by atoms with van der Waals surface area (Å²) in [5, 5.41) is 2.89. The number of nitrogens with one attached hydrogen (secondary N) is 1. The molecule has 0 aromatic heterocycles. The smallest absolute Gasteiger partial charge is 0.242 e. The Morgan fingerprint density at radius 1 is 1.20 bits per heavy atom. The van der Waals surface area contributed by atoms with E-state index in [4.69, 9.17) is 5.73 Å². The summed E-state index contributed by atoms with van der Waals surface area (Å²) in [6, 6.07) is 4.82. The molecule has 0 bridgehead atoms. The SMILES string of the molecule is CN(C)c1ccc(S(=O)(=O)N(C)C)cc1NC(=O)C1CCC(N)C1.Cl. The molecule has 142 valence electrons. The van der Waals surface area contributed by atoms with Crippen molar-refractivity contribution < 1.29 is 13.2 Å². The van der Waals surface area contributed by atoms with Gasteiger partial charge in [0.15, 0.2) is 0 Å². The number of carbonyl (C=O) groups excluding carboxylic acids is 1. The molecule has 7 nitrogen and oxygen atoms in total. The number of anilines is 2. The van der Waals surface area contributed by atoms with Gasteiger partial charge in [-0.1, -0.05) is 0 Å². The first-order valence-electron chi connectivity index (χ1n) is 7.93. The number of benzene rings is 1. The standard InChI is InChI=1S/C16H26N4O3S.ClH/c1-19(2)15-8-7-13(24(22,23)20(3)4)10-14(15)18-16(21)11-5-6-12(17)9-11;/h7-8,10-12H,5-6,9,17H2,1-4H3,(H,18,21);1H. The summed E-state index contributed by atoms with van der Waals surface area (Å²) in [5.41, 5.74) is 7.12. The van der Waals surface area contributed by atoms with Crippen molar-refractivity contribution in [3.05, 3.63) is 18.2 Å². The van der Waals surface area contributed by atoms with Crippen LogP contribution >= 0.6 is 12.4 Å². The summed E-state index contributed by atoms with van der Waals surface area (Å²) in [7, 11) is 3.08. The Hall–Kier alpha value is -1.35. The number of amides is 1. The van der Waals surface area contributed by atoms with Gasteiger partial charge in [-0.05, 0) is 37.5 Å². The first-order chi connectivity index (χ1) is 11.1. The number of nitrogens with two attached hydrogens (primary N) is 1. The second-order valence-corrected chi connectivity index (χ2v) is 8.77. The minimum atomic E-state index is -3.56. The summed E-state index contributed by atoms with van der Waals surface area (Å²) in [4.78, 5) is 14.5. The third-order valence-electron chi connectivity index (χ3n) is 4.33. The topological polar surface area (TPSA) is 95.7 Å². The number of rotatable bonds is 5. The minimum Gasteiger partial charge on any atom is -0.376 e. The molecule has 0 aliphatic heterocycles. The fourth-order valence-electron chi connectivity index (χ4n) is 2.87.